The van der Waals surface area contributed by atoms with Crippen molar-refractivity contribution in [2.45, 2.75) is 24.7 Å². The summed E-state index contributed by atoms with van der Waals surface area (Å²) in [5, 5.41) is 32.7. The van der Waals surface area contributed by atoms with E-state index in [0.717, 1.165) is 22.3 Å². The highest BCUT2D eigenvalue weighted by Crippen LogP contribution is 2.44. The first-order valence-corrected chi connectivity index (χ1v) is 10.7. The fourth-order valence-corrected chi connectivity index (χ4v) is 4.30. The zero-order valence-electron chi connectivity index (χ0n) is 17.2. The number of hydrogen-bond donors (Lipinski definition) is 4. The summed E-state index contributed by atoms with van der Waals surface area (Å²) in [6.07, 6.45) is -3.32. The number of fused-ring (bicyclic) bond motifs is 3. The lowest BCUT2D eigenvalue weighted by Gasteiger charge is -2.20. The third-order valence-electron chi connectivity index (χ3n) is 5.73. The molecule has 166 valence electrons. The highest BCUT2D eigenvalue weighted by Gasteiger charge is 2.29. The molecule has 1 aliphatic rings. The molecule has 0 saturated carbocycles. The molecule has 6 nitrogen and oxygen atoms in total. The number of halogens is 1. The first-order valence-electron chi connectivity index (χ1n) is 10.3. The van der Waals surface area contributed by atoms with Gasteiger partial charge in [-0.15, -0.1) is 0 Å². The second-order valence-electron chi connectivity index (χ2n) is 7.73. The number of carbonyl (C=O) groups excluding carboxylic acids is 1. The highest BCUT2D eigenvalue weighted by molar-refractivity contribution is 6.31. The molecule has 2 unspecified atom stereocenters. The average Bonchev–Trinajstić information content (AvgIpc) is 3.14. The fourth-order valence-electron chi connectivity index (χ4n) is 4.07. The summed E-state index contributed by atoms with van der Waals surface area (Å²) < 4.78 is 5.43. The molecule has 0 heterocycles. The Balaban J connectivity index is 1.35. The molecular weight excluding hydrogens is 430 g/mol. The van der Waals surface area contributed by atoms with E-state index in [1.165, 1.54) is 12.1 Å². The van der Waals surface area contributed by atoms with Crippen LogP contribution in [-0.2, 0) is 11.3 Å². The molecule has 4 N–H and O–H groups in total. The van der Waals surface area contributed by atoms with Crippen molar-refractivity contribution in [3.8, 4) is 11.1 Å². The standard InChI is InChI=1S/C25H24ClNO5/c26-22-10-9-15(13-28)11-20(22)24(30)23(29)12-27-25(31)32-14-21-18-7-3-1-5-16(18)17-6-2-4-8-19(17)21/h1-11,21,23-24,28-30H,12-14H2,(H,27,31). The van der Waals surface area contributed by atoms with E-state index < -0.39 is 18.3 Å². The van der Waals surface area contributed by atoms with E-state index in [1.807, 2.05) is 36.4 Å². The third kappa shape index (κ3) is 4.49. The molecule has 0 fully saturated rings. The summed E-state index contributed by atoms with van der Waals surface area (Å²) in [5.41, 5.74) is 5.32. The number of nitrogens with one attached hydrogen (secondary N) is 1. The van der Waals surface area contributed by atoms with Crippen LogP contribution in [0.1, 0.15) is 34.3 Å². The van der Waals surface area contributed by atoms with Crippen molar-refractivity contribution in [2.24, 2.45) is 0 Å². The van der Waals surface area contributed by atoms with E-state index in [0.29, 0.717) is 5.56 Å². The van der Waals surface area contributed by atoms with Crippen LogP contribution in [-0.4, -0.2) is 40.7 Å². The Morgan fingerprint density at radius 3 is 2.25 bits per heavy atom. The lowest BCUT2D eigenvalue weighted by Crippen LogP contribution is -2.36. The molecule has 1 amide bonds. The lowest BCUT2D eigenvalue weighted by molar-refractivity contribution is 0.0185. The van der Waals surface area contributed by atoms with Gasteiger partial charge in [0, 0.05) is 23.0 Å². The molecule has 3 aromatic rings. The Hall–Kier alpha value is -2.90. The van der Waals surface area contributed by atoms with Crippen LogP contribution in [0.3, 0.4) is 0 Å². The largest absolute Gasteiger partial charge is 0.449 e. The molecule has 0 aliphatic heterocycles. The van der Waals surface area contributed by atoms with Gasteiger partial charge >= 0.3 is 6.09 Å². The van der Waals surface area contributed by atoms with Crippen LogP contribution in [0.25, 0.3) is 11.1 Å². The highest BCUT2D eigenvalue weighted by atomic mass is 35.5. The van der Waals surface area contributed by atoms with Crippen molar-refractivity contribution in [1.29, 1.82) is 0 Å². The van der Waals surface area contributed by atoms with Gasteiger partial charge in [0.15, 0.2) is 0 Å². The normalized spacial score (nSPS) is 14.4. The van der Waals surface area contributed by atoms with Gasteiger partial charge in [0.25, 0.3) is 0 Å². The Labute approximate surface area is 191 Å². The van der Waals surface area contributed by atoms with E-state index in [2.05, 4.69) is 17.4 Å². The van der Waals surface area contributed by atoms with E-state index in [-0.39, 0.29) is 36.3 Å². The fraction of sp³-hybridized carbons (Fsp3) is 0.240. The second-order valence-corrected chi connectivity index (χ2v) is 8.14. The molecule has 0 bridgehead atoms. The van der Waals surface area contributed by atoms with Crippen molar-refractivity contribution in [3.63, 3.8) is 0 Å². The van der Waals surface area contributed by atoms with Crippen LogP contribution in [0.2, 0.25) is 5.02 Å². The van der Waals surface area contributed by atoms with Gasteiger partial charge < -0.3 is 25.4 Å². The molecule has 0 radical (unpaired) electrons. The summed E-state index contributed by atoms with van der Waals surface area (Å²) in [7, 11) is 0. The van der Waals surface area contributed by atoms with E-state index in [1.54, 1.807) is 6.07 Å². The predicted octanol–water partition coefficient (Wildman–Crippen LogP) is 3.77. The molecular formula is C25H24ClNO5. The number of benzene rings is 3. The van der Waals surface area contributed by atoms with Crippen molar-refractivity contribution in [1.82, 2.24) is 5.32 Å². The first-order chi connectivity index (χ1) is 15.5. The summed E-state index contributed by atoms with van der Waals surface area (Å²) in [6, 6.07) is 20.8. The molecule has 7 heteroatoms. The van der Waals surface area contributed by atoms with Crippen LogP contribution in [0.4, 0.5) is 4.79 Å². The smallest absolute Gasteiger partial charge is 0.407 e. The Kier molecular flexibility index (Phi) is 6.77. The van der Waals surface area contributed by atoms with Crippen LogP contribution in [0.15, 0.2) is 66.7 Å². The SMILES string of the molecule is O=C(NCC(O)C(O)c1cc(CO)ccc1Cl)OCC1c2ccccc2-c2ccccc21. The zero-order chi connectivity index (χ0) is 22.7. The molecule has 2 atom stereocenters. The Morgan fingerprint density at radius 1 is 1.00 bits per heavy atom. The Bertz CT molecular complexity index is 1070. The maximum Gasteiger partial charge on any atom is 0.407 e. The van der Waals surface area contributed by atoms with Gasteiger partial charge in [0.05, 0.1) is 6.61 Å². The number of carbonyl (C=O) groups is 1. The summed E-state index contributed by atoms with van der Waals surface area (Å²) >= 11 is 6.10. The number of aliphatic hydroxyl groups excluding tert-OH is 3. The summed E-state index contributed by atoms with van der Waals surface area (Å²) in [4.78, 5) is 12.3. The minimum absolute atomic E-state index is 0.0660. The van der Waals surface area contributed by atoms with Gasteiger partial charge in [-0.1, -0.05) is 66.2 Å². The van der Waals surface area contributed by atoms with Crippen molar-refractivity contribution < 1.29 is 24.9 Å². The molecule has 4 rings (SSSR count). The quantitative estimate of drug-likeness (QED) is 0.436. The van der Waals surface area contributed by atoms with Gasteiger partial charge in [-0.3, -0.25) is 0 Å². The van der Waals surface area contributed by atoms with Crippen molar-refractivity contribution >= 4 is 17.7 Å². The number of alkyl carbamates (subject to hydrolysis) is 1. The number of amides is 1. The second kappa shape index (κ2) is 9.71. The zero-order valence-corrected chi connectivity index (χ0v) is 18.0. The summed E-state index contributed by atoms with van der Waals surface area (Å²) in [5.74, 6) is -0.0660. The lowest BCUT2D eigenvalue weighted by atomic mass is 9.98. The topological polar surface area (TPSA) is 99.0 Å². The monoisotopic (exact) mass is 453 g/mol. The van der Waals surface area contributed by atoms with Crippen LogP contribution < -0.4 is 5.32 Å². The summed E-state index contributed by atoms with van der Waals surface area (Å²) in [6.45, 7) is -0.286. The van der Waals surface area contributed by atoms with Gasteiger partial charge in [0.1, 0.15) is 18.8 Å². The van der Waals surface area contributed by atoms with Gasteiger partial charge in [0.2, 0.25) is 0 Å². The molecule has 0 spiro atoms. The first kappa shape index (κ1) is 22.3. The van der Waals surface area contributed by atoms with Crippen LogP contribution >= 0.6 is 11.6 Å². The van der Waals surface area contributed by atoms with E-state index in [4.69, 9.17) is 16.3 Å². The van der Waals surface area contributed by atoms with Crippen LogP contribution in [0.5, 0.6) is 0 Å². The minimum atomic E-state index is -1.33. The van der Waals surface area contributed by atoms with E-state index >= 15 is 0 Å². The molecule has 0 aromatic heterocycles. The van der Waals surface area contributed by atoms with Gasteiger partial charge in [-0.2, -0.15) is 0 Å². The molecule has 32 heavy (non-hydrogen) atoms. The molecule has 1 aliphatic carbocycles. The average molecular weight is 454 g/mol. The van der Waals surface area contributed by atoms with Crippen LogP contribution in [0, 0.1) is 0 Å². The number of rotatable bonds is 7. The Morgan fingerprint density at radius 2 is 1.62 bits per heavy atom. The molecule has 3 aromatic carbocycles. The number of aliphatic hydroxyl groups is 3. The van der Waals surface area contributed by atoms with Gasteiger partial charge in [-0.25, -0.2) is 4.79 Å². The van der Waals surface area contributed by atoms with Crippen molar-refractivity contribution in [2.75, 3.05) is 13.2 Å². The molecule has 0 saturated heterocycles. The minimum Gasteiger partial charge on any atom is -0.449 e. The maximum atomic E-state index is 12.3. The predicted molar refractivity (Wildman–Crippen MR) is 121 cm³/mol. The maximum absolute atomic E-state index is 12.3. The van der Waals surface area contributed by atoms with Crippen molar-refractivity contribution in [3.05, 3.63) is 94.0 Å². The number of hydrogen-bond acceptors (Lipinski definition) is 5. The van der Waals surface area contributed by atoms with E-state index in [9.17, 15) is 20.1 Å². The van der Waals surface area contributed by atoms with Gasteiger partial charge in [-0.05, 0) is 39.9 Å². The number of ether oxygens (including phenoxy) is 1. The third-order valence-corrected chi connectivity index (χ3v) is 6.07.